The van der Waals surface area contributed by atoms with Crippen molar-refractivity contribution in [1.82, 2.24) is 15.1 Å². The van der Waals surface area contributed by atoms with Crippen LogP contribution in [0.25, 0.3) is 5.69 Å². The lowest BCUT2D eigenvalue weighted by molar-refractivity contribution is 0.243. The second kappa shape index (κ2) is 6.00. The SMILES string of the molecule is CC(NCC1(CCO)CC1)c1cnn(-c2ccccc2)c1. The summed E-state index contributed by atoms with van der Waals surface area (Å²) in [6.45, 7) is 3.44. The normalized spacial score (nSPS) is 17.6. The number of nitrogens with one attached hydrogen (secondary N) is 1. The Bertz CT molecular complexity index is 575. The highest BCUT2D eigenvalue weighted by Gasteiger charge is 2.41. The molecule has 1 heterocycles. The first-order valence-electron chi connectivity index (χ1n) is 7.67. The second-order valence-corrected chi connectivity index (χ2v) is 6.13. The van der Waals surface area contributed by atoms with Gasteiger partial charge in [0.05, 0.1) is 11.9 Å². The predicted octanol–water partition coefficient (Wildman–Crippen LogP) is 2.69. The average Bonchev–Trinajstić information content (AvgIpc) is 3.10. The zero-order chi connectivity index (χ0) is 14.7. The van der Waals surface area contributed by atoms with Crippen LogP contribution in [-0.2, 0) is 0 Å². The van der Waals surface area contributed by atoms with E-state index in [-0.39, 0.29) is 6.04 Å². The molecule has 1 unspecified atom stereocenters. The molecule has 112 valence electrons. The summed E-state index contributed by atoms with van der Waals surface area (Å²) >= 11 is 0. The molecular formula is C17H23N3O. The van der Waals surface area contributed by atoms with Gasteiger partial charge in [-0.1, -0.05) is 18.2 Å². The van der Waals surface area contributed by atoms with Crippen LogP contribution in [0.15, 0.2) is 42.7 Å². The van der Waals surface area contributed by atoms with Crippen LogP contribution >= 0.6 is 0 Å². The fourth-order valence-electron chi connectivity index (χ4n) is 2.70. The van der Waals surface area contributed by atoms with Crippen molar-refractivity contribution >= 4 is 0 Å². The number of aliphatic hydroxyl groups excluding tert-OH is 1. The quantitative estimate of drug-likeness (QED) is 0.822. The van der Waals surface area contributed by atoms with Gasteiger partial charge in [-0.3, -0.25) is 0 Å². The summed E-state index contributed by atoms with van der Waals surface area (Å²) in [5.74, 6) is 0. The van der Waals surface area contributed by atoms with E-state index in [1.54, 1.807) is 0 Å². The molecule has 1 atom stereocenters. The van der Waals surface area contributed by atoms with E-state index in [9.17, 15) is 0 Å². The Balaban J connectivity index is 1.61. The van der Waals surface area contributed by atoms with Crippen molar-refractivity contribution in [3.8, 4) is 5.69 Å². The fourth-order valence-corrected chi connectivity index (χ4v) is 2.70. The Morgan fingerprint density at radius 3 is 2.76 bits per heavy atom. The molecule has 1 aromatic carbocycles. The molecule has 0 aliphatic heterocycles. The first-order chi connectivity index (χ1) is 10.2. The third-order valence-corrected chi connectivity index (χ3v) is 4.51. The molecular weight excluding hydrogens is 262 g/mol. The fraction of sp³-hybridized carbons (Fsp3) is 0.471. The Labute approximate surface area is 125 Å². The van der Waals surface area contributed by atoms with Crippen LogP contribution < -0.4 is 5.32 Å². The maximum atomic E-state index is 9.11. The number of nitrogens with zero attached hydrogens (tertiary/aromatic N) is 2. The van der Waals surface area contributed by atoms with E-state index in [0.717, 1.165) is 18.7 Å². The maximum Gasteiger partial charge on any atom is 0.0645 e. The Morgan fingerprint density at radius 1 is 1.33 bits per heavy atom. The summed E-state index contributed by atoms with van der Waals surface area (Å²) in [4.78, 5) is 0. The number of hydrogen-bond donors (Lipinski definition) is 2. The van der Waals surface area contributed by atoms with Gasteiger partial charge in [0.2, 0.25) is 0 Å². The Hall–Kier alpha value is -1.65. The Kier molecular flexibility index (Phi) is 4.08. The van der Waals surface area contributed by atoms with Crippen LogP contribution in [0, 0.1) is 5.41 Å². The molecule has 0 spiro atoms. The number of rotatable bonds is 7. The molecule has 2 aromatic rings. The number of aliphatic hydroxyl groups is 1. The molecule has 4 nitrogen and oxygen atoms in total. The highest BCUT2D eigenvalue weighted by atomic mass is 16.3. The molecule has 4 heteroatoms. The summed E-state index contributed by atoms with van der Waals surface area (Å²) in [7, 11) is 0. The third-order valence-electron chi connectivity index (χ3n) is 4.51. The lowest BCUT2D eigenvalue weighted by atomic mass is 10.0. The molecule has 21 heavy (non-hydrogen) atoms. The summed E-state index contributed by atoms with van der Waals surface area (Å²) in [6.07, 6.45) is 7.39. The summed E-state index contributed by atoms with van der Waals surface area (Å²) in [5, 5.41) is 17.1. The topological polar surface area (TPSA) is 50.1 Å². The highest BCUT2D eigenvalue weighted by Crippen LogP contribution is 2.48. The van der Waals surface area contributed by atoms with Gasteiger partial charge in [0.1, 0.15) is 0 Å². The molecule has 1 saturated carbocycles. The van der Waals surface area contributed by atoms with E-state index in [1.807, 2.05) is 29.1 Å². The van der Waals surface area contributed by atoms with E-state index in [1.165, 1.54) is 18.4 Å². The molecule has 3 rings (SSSR count). The lowest BCUT2D eigenvalue weighted by Crippen LogP contribution is -2.27. The van der Waals surface area contributed by atoms with Gasteiger partial charge in [0.25, 0.3) is 0 Å². The molecule has 0 amide bonds. The third kappa shape index (κ3) is 3.34. The van der Waals surface area contributed by atoms with E-state index in [4.69, 9.17) is 5.11 Å². The van der Waals surface area contributed by atoms with E-state index in [2.05, 4.69) is 35.7 Å². The van der Waals surface area contributed by atoms with Gasteiger partial charge in [0, 0.05) is 31.0 Å². The smallest absolute Gasteiger partial charge is 0.0645 e. The lowest BCUT2D eigenvalue weighted by Gasteiger charge is -2.18. The minimum atomic E-state index is 0.277. The molecule has 2 N–H and O–H groups in total. The van der Waals surface area contributed by atoms with Crippen molar-refractivity contribution in [2.24, 2.45) is 5.41 Å². The maximum absolute atomic E-state index is 9.11. The molecule has 0 bridgehead atoms. The van der Waals surface area contributed by atoms with Crippen molar-refractivity contribution in [2.75, 3.05) is 13.2 Å². The van der Waals surface area contributed by atoms with Crippen LogP contribution in [0.4, 0.5) is 0 Å². The van der Waals surface area contributed by atoms with Crippen LogP contribution in [0.1, 0.15) is 37.8 Å². The first kappa shape index (κ1) is 14.3. The first-order valence-corrected chi connectivity index (χ1v) is 7.67. The molecule has 1 aromatic heterocycles. The number of benzene rings is 1. The van der Waals surface area contributed by atoms with Crippen LogP contribution in [0.5, 0.6) is 0 Å². The van der Waals surface area contributed by atoms with Gasteiger partial charge in [-0.05, 0) is 43.7 Å². The summed E-state index contributed by atoms with van der Waals surface area (Å²) in [5.41, 5.74) is 2.62. The Morgan fingerprint density at radius 2 is 2.10 bits per heavy atom. The van der Waals surface area contributed by atoms with Gasteiger partial charge < -0.3 is 10.4 Å². The van der Waals surface area contributed by atoms with Crippen molar-refractivity contribution < 1.29 is 5.11 Å². The molecule has 1 aliphatic carbocycles. The monoisotopic (exact) mass is 285 g/mol. The molecule has 1 fully saturated rings. The minimum Gasteiger partial charge on any atom is -0.396 e. The average molecular weight is 285 g/mol. The van der Waals surface area contributed by atoms with E-state index >= 15 is 0 Å². The highest BCUT2D eigenvalue weighted by molar-refractivity contribution is 5.31. The molecule has 0 radical (unpaired) electrons. The number of aromatic nitrogens is 2. The van der Waals surface area contributed by atoms with Gasteiger partial charge in [-0.25, -0.2) is 4.68 Å². The molecule has 0 saturated heterocycles. The number of para-hydroxylation sites is 1. The van der Waals surface area contributed by atoms with Crippen LogP contribution in [0.3, 0.4) is 0 Å². The number of hydrogen-bond acceptors (Lipinski definition) is 3. The second-order valence-electron chi connectivity index (χ2n) is 6.13. The zero-order valence-corrected chi connectivity index (χ0v) is 12.5. The van der Waals surface area contributed by atoms with Crippen molar-refractivity contribution in [2.45, 2.75) is 32.2 Å². The van der Waals surface area contributed by atoms with Gasteiger partial charge in [0.15, 0.2) is 0 Å². The van der Waals surface area contributed by atoms with Crippen molar-refractivity contribution in [1.29, 1.82) is 0 Å². The van der Waals surface area contributed by atoms with Crippen LogP contribution in [0.2, 0.25) is 0 Å². The summed E-state index contributed by atoms with van der Waals surface area (Å²) < 4.78 is 1.91. The zero-order valence-electron chi connectivity index (χ0n) is 12.5. The van der Waals surface area contributed by atoms with Gasteiger partial charge in [-0.2, -0.15) is 5.10 Å². The summed E-state index contributed by atoms with van der Waals surface area (Å²) in [6, 6.07) is 10.4. The van der Waals surface area contributed by atoms with E-state index in [0.29, 0.717) is 12.0 Å². The van der Waals surface area contributed by atoms with Crippen molar-refractivity contribution in [3.05, 3.63) is 48.3 Å². The van der Waals surface area contributed by atoms with Crippen molar-refractivity contribution in [3.63, 3.8) is 0 Å². The van der Waals surface area contributed by atoms with Gasteiger partial charge in [-0.15, -0.1) is 0 Å². The standard InChI is InChI=1S/C17H23N3O/c1-14(18-13-17(7-8-17)9-10-21)15-11-19-20(12-15)16-5-3-2-4-6-16/h2-6,11-12,14,18,21H,7-10,13H2,1H3. The van der Waals surface area contributed by atoms with E-state index < -0.39 is 0 Å². The van der Waals surface area contributed by atoms with Crippen LogP contribution in [-0.4, -0.2) is 28.0 Å². The largest absolute Gasteiger partial charge is 0.396 e. The predicted molar refractivity (Wildman–Crippen MR) is 83.4 cm³/mol. The molecule has 1 aliphatic rings. The van der Waals surface area contributed by atoms with Gasteiger partial charge >= 0.3 is 0 Å². The minimum absolute atomic E-state index is 0.277.